The number of hydrogen-bond acceptors (Lipinski definition) is 10. The molecule has 1 fully saturated rings. The van der Waals surface area contributed by atoms with Gasteiger partial charge in [0.25, 0.3) is 0 Å². The highest BCUT2D eigenvalue weighted by molar-refractivity contribution is 5.91. The van der Waals surface area contributed by atoms with Crippen molar-refractivity contribution in [3.05, 3.63) is 84.2 Å². The summed E-state index contributed by atoms with van der Waals surface area (Å²) in [4.78, 5) is 68.4. The summed E-state index contributed by atoms with van der Waals surface area (Å²) < 4.78 is 6.02. The van der Waals surface area contributed by atoms with Crippen molar-refractivity contribution in [2.45, 2.75) is 127 Å². The van der Waals surface area contributed by atoms with Crippen LogP contribution in [0.5, 0.6) is 0 Å². The zero-order chi connectivity index (χ0) is 41.4. The standard InChI is InChI=1S/C42H62N8O7/c1-42(2,3)57-41(56)50(35(23-29-14-8-5-9-15-29)40(55)49-33(38(44)53)24-31-26-46-27-48-31)34(22-28-12-6-4-7-13-28)36(51)25-32(39(54)47-19-11-10-18-43)37(52)30-16-20-45-21-17-30/h5,8-9,14-17,20-21,26-28,32-37,51-52H,4,6-7,10-13,18-19,22-25,43H2,1-3H3,(H2,44,53)(H,46,48)(H,47,54)(H,49,55)/t32?,33-,34-,35-,36-,37?/m0/s1. The number of nitrogens with two attached hydrogens (primary N) is 2. The van der Waals surface area contributed by atoms with Crippen molar-refractivity contribution in [1.29, 1.82) is 0 Å². The second-order valence-electron chi connectivity index (χ2n) is 16.1. The van der Waals surface area contributed by atoms with Gasteiger partial charge in [-0.25, -0.2) is 9.78 Å². The van der Waals surface area contributed by atoms with E-state index < -0.39 is 65.7 Å². The van der Waals surface area contributed by atoms with Crippen molar-refractivity contribution in [2.24, 2.45) is 23.3 Å². The Labute approximate surface area is 335 Å². The molecular formula is C42H62N8O7. The number of imidazole rings is 1. The molecule has 0 bridgehead atoms. The fourth-order valence-electron chi connectivity index (χ4n) is 7.49. The number of unbranched alkanes of at least 4 members (excludes halogenated alkanes) is 1. The summed E-state index contributed by atoms with van der Waals surface area (Å²) in [7, 11) is 0. The van der Waals surface area contributed by atoms with Gasteiger partial charge in [-0.15, -0.1) is 0 Å². The molecule has 15 heteroatoms. The van der Waals surface area contributed by atoms with Gasteiger partial charge in [0.15, 0.2) is 0 Å². The molecule has 312 valence electrons. The van der Waals surface area contributed by atoms with Gasteiger partial charge in [0.05, 0.1) is 30.5 Å². The molecule has 1 aliphatic carbocycles. The molecule has 1 aromatic carbocycles. The molecule has 4 rings (SSSR count). The number of H-pyrrole nitrogens is 1. The smallest absolute Gasteiger partial charge is 0.411 e. The van der Waals surface area contributed by atoms with E-state index in [9.17, 15) is 29.4 Å². The SMILES string of the molecule is CC(C)(C)OC(=O)N([C@@H](Cc1ccccc1)C(=O)N[C@@H](Cc1cnc[nH]1)C(N)=O)[C@@H](CC1CCCCC1)[C@@H](O)CC(C(=O)NCCCCN)C(O)c1ccncc1. The molecule has 15 nitrogen and oxygen atoms in total. The number of ether oxygens (including phenoxy) is 1. The maximum Gasteiger partial charge on any atom is 0.411 e. The highest BCUT2D eigenvalue weighted by atomic mass is 16.6. The molecule has 6 atom stereocenters. The van der Waals surface area contributed by atoms with Gasteiger partial charge in [-0.3, -0.25) is 24.3 Å². The monoisotopic (exact) mass is 790 g/mol. The quantitative estimate of drug-likeness (QED) is 0.0776. The maximum atomic E-state index is 14.7. The van der Waals surface area contributed by atoms with Gasteiger partial charge in [0.2, 0.25) is 17.7 Å². The minimum Gasteiger partial charge on any atom is -0.444 e. The molecule has 3 aromatic rings. The van der Waals surface area contributed by atoms with E-state index in [-0.39, 0.29) is 25.2 Å². The van der Waals surface area contributed by atoms with E-state index >= 15 is 0 Å². The average molecular weight is 791 g/mol. The molecule has 1 saturated carbocycles. The second kappa shape index (κ2) is 22.2. The molecule has 2 heterocycles. The number of rotatable bonds is 21. The van der Waals surface area contributed by atoms with E-state index in [0.717, 1.165) is 32.1 Å². The van der Waals surface area contributed by atoms with E-state index in [0.29, 0.717) is 49.2 Å². The fraction of sp³-hybridized carbons (Fsp3) is 0.571. The van der Waals surface area contributed by atoms with Crippen molar-refractivity contribution in [1.82, 2.24) is 30.5 Å². The number of aliphatic hydroxyl groups is 2. The largest absolute Gasteiger partial charge is 0.444 e. The number of aliphatic hydroxyl groups excluding tert-OH is 2. The number of primary amides is 1. The van der Waals surface area contributed by atoms with E-state index in [2.05, 4.69) is 25.6 Å². The number of nitrogens with one attached hydrogen (secondary N) is 3. The lowest BCUT2D eigenvalue weighted by Gasteiger charge is -2.43. The Morgan fingerprint density at radius 1 is 0.965 bits per heavy atom. The highest BCUT2D eigenvalue weighted by Crippen LogP contribution is 2.35. The predicted molar refractivity (Wildman–Crippen MR) is 215 cm³/mol. The molecule has 2 unspecified atom stereocenters. The van der Waals surface area contributed by atoms with Crippen LogP contribution in [0.25, 0.3) is 0 Å². The number of pyridine rings is 1. The van der Waals surface area contributed by atoms with Crippen LogP contribution < -0.4 is 22.1 Å². The van der Waals surface area contributed by atoms with E-state index in [4.69, 9.17) is 16.2 Å². The summed E-state index contributed by atoms with van der Waals surface area (Å²) in [6.07, 6.45) is 8.49. The van der Waals surface area contributed by atoms with Gasteiger partial charge in [0, 0.05) is 43.7 Å². The summed E-state index contributed by atoms with van der Waals surface area (Å²) in [5.41, 5.74) is 12.2. The Bertz CT molecular complexity index is 1670. The first-order chi connectivity index (χ1) is 27.3. The molecular weight excluding hydrogens is 729 g/mol. The first kappa shape index (κ1) is 44.8. The Morgan fingerprint density at radius 2 is 1.67 bits per heavy atom. The summed E-state index contributed by atoms with van der Waals surface area (Å²) in [6.45, 7) is 5.92. The van der Waals surface area contributed by atoms with Crippen molar-refractivity contribution in [3.63, 3.8) is 0 Å². The first-order valence-corrected chi connectivity index (χ1v) is 20.1. The Kier molecular flexibility index (Phi) is 17.4. The van der Waals surface area contributed by atoms with Crippen LogP contribution in [0.4, 0.5) is 4.79 Å². The van der Waals surface area contributed by atoms with Gasteiger partial charge in [0.1, 0.15) is 17.7 Å². The van der Waals surface area contributed by atoms with Gasteiger partial charge in [-0.1, -0.05) is 62.4 Å². The van der Waals surface area contributed by atoms with Crippen LogP contribution in [0.15, 0.2) is 67.4 Å². The highest BCUT2D eigenvalue weighted by Gasteiger charge is 2.44. The molecule has 1 aliphatic rings. The van der Waals surface area contributed by atoms with Crippen molar-refractivity contribution < 1.29 is 34.1 Å². The molecule has 0 saturated heterocycles. The number of aromatic amines is 1. The first-order valence-electron chi connectivity index (χ1n) is 20.1. The molecule has 9 N–H and O–H groups in total. The number of carbonyl (C=O) groups is 4. The zero-order valence-corrected chi connectivity index (χ0v) is 33.5. The lowest BCUT2D eigenvalue weighted by molar-refractivity contribution is -0.134. The summed E-state index contributed by atoms with van der Waals surface area (Å²) in [5, 5.41) is 29.9. The van der Waals surface area contributed by atoms with Gasteiger partial charge in [-0.05, 0) is 82.2 Å². The number of nitrogens with zero attached hydrogens (tertiary/aromatic N) is 3. The normalized spacial score (nSPS) is 16.7. The Balaban J connectivity index is 1.82. The summed E-state index contributed by atoms with van der Waals surface area (Å²) >= 11 is 0. The van der Waals surface area contributed by atoms with Gasteiger partial charge >= 0.3 is 6.09 Å². The van der Waals surface area contributed by atoms with Crippen molar-refractivity contribution in [2.75, 3.05) is 13.1 Å². The molecule has 0 radical (unpaired) electrons. The van der Waals surface area contributed by atoms with E-state index in [1.165, 1.54) is 29.8 Å². The molecule has 0 aliphatic heterocycles. The van der Waals surface area contributed by atoms with Crippen LogP contribution in [-0.4, -0.2) is 96.8 Å². The van der Waals surface area contributed by atoms with Crippen LogP contribution in [0, 0.1) is 11.8 Å². The van der Waals surface area contributed by atoms with Crippen LogP contribution in [0.2, 0.25) is 0 Å². The lowest BCUT2D eigenvalue weighted by atomic mass is 9.80. The Hall–Kier alpha value is -4.86. The van der Waals surface area contributed by atoms with Crippen LogP contribution >= 0.6 is 0 Å². The van der Waals surface area contributed by atoms with Crippen molar-refractivity contribution >= 4 is 23.8 Å². The zero-order valence-electron chi connectivity index (χ0n) is 33.5. The minimum absolute atomic E-state index is 0.0000399. The van der Waals surface area contributed by atoms with Crippen LogP contribution in [0.3, 0.4) is 0 Å². The Morgan fingerprint density at radius 3 is 2.28 bits per heavy atom. The third-order valence-corrected chi connectivity index (χ3v) is 10.4. The topological polar surface area (TPSA) is 239 Å². The van der Waals surface area contributed by atoms with Gasteiger partial charge < -0.3 is 42.0 Å². The second-order valence-corrected chi connectivity index (χ2v) is 16.1. The molecule has 4 amide bonds. The maximum absolute atomic E-state index is 14.7. The molecule has 2 aromatic heterocycles. The van der Waals surface area contributed by atoms with E-state index in [1.807, 2.05) is 30.3 Å². The number of amides is 4. The number of benzene rings is 1. The number of aromatic nitrogens is 3. The lowest BCUT2D eigenvalue weighted by Crippen LogP contribution is -2.61. The summed E-state index contributed by atoms with van der Waals surface area (Å²) in [6, 6.07) is 8.81. The van der Waals surface area contributed by atoms with Crippen LogP contribution in [0.1, 0.15) is 101 Å². The predicted octanol–water partition coefficient (Wildman–Crippen LogP) is 3.46. The molecule has 57 heavy (non-hydrogen) atoms. The summed E-state index contributed by atoms with van der Waals surface area (Å²) in [5.74, 6) is -3.01. The fourth-order valence-corrected chi connectivity index (χ4v) is 7.49. The third-order valence-electron chi connectivity index (χ3n) is 10.4. The van der Waals surface area contributed by atoms with Crippen LogP contribution in [-0.2, 0) is 32.0 Å². The minimum atomic E-state index is -1.42. The third kappa shape index (κ3) is 14.2. The molecule has 0 spiro atoms. The van der Waals surface area contributed by atoms with Crippen molar-refractivity contribution in [3.8, 4) is 0 Å². The number of hydrogen-bond donors (Lipinski definition) is 7. The number of carbonyl (C=O) groups excluding carboxylic acids is 4. The van der Waals surface area contributed by atoms with Gasteiger partial charge in [-0.2, -0.15) is 0 Å². The average Bonchev–Trinajstić information content (AvgIpc) is 3.71. The van der Waals surface area contributed by atoms with E-state index in [1.54, 1.807) is 32.9 Å².